The molecule has 6 fully saturated rings. The molecular formula is C23H40N2O3. The first-order valence-corrected chi connectivity index (χ1v) is 12.1. The average Bonchev–Trinajstić information content (AvgIpc) is 3.07. The molecule has 0 radical (unpaired) electrons. The minimum atomic E-state index is 0.0991. The molecule has 4 saturated heterocycles. The zero-order chi connectivity index (χ0) is 18.8. The SMILES string of the molecule is C1CCC2C3CCC(CC3)OC[C@@H]3N(CCCOC2C1)CC[C@@]31COCCN1. The zero-order valence-corrected chi connectivity index (χ0v) is 17.6. The molecule has 2 bridgehead atoms. The second-order valence-electron chi connectivity index (χ2n) is 10.0. The Balaban J connectivity index is 1.29. The lowest BCUT2D eigenvalue weighted by molar-refractivity contribution is -0.0747. The molecule has 1 N–H and O–H groups in total. The van der Waals surface area contributed by atoms with Gasteiger partial charge in [-0.1, -0.05) is 12.8 Å². The van der Waals surface area contributed by atoms with E-state index in [1.54, 1.807) is 0 Å². The number of nitrogens with one attached hydrogen (secondary N) is 1. The van der Waals surface area contributed by atoms with E-state index in [-0.39, 0.29) is 5.54 Å². The van der Waals surface area contributed by atoms with Crippen molar-refractivity contribution >= 4 is 0 Å². The van der Waals surface area contributed by atoms with E-state index in [1.165, 1.54) is 57.8 Å². The fourth-order valence-electron chi connectivity index (χ4n) is 6.88. The lowest BCUT2D eigenvalue weighted by atomic mass is 9.71. The minimum Gasteiger partial charge on any atom is -0.378 e. The van der Waals surface area contributed by atoms with Crippen molar-refractivity contribution in [2.75, 3.05) is 46.1 Å². The molecule has 0 aromatic carbocycles. The summed E-state index contributed by atoms with van der Waals surface area (Å²) >= 11 is 0. The predicted molar refractivity (Wildman–Crippen MR) is 110 cm³/mol. The van der Waals surface area contributed by atoms with Gasteiger partial charge in [-0.15, -0.1) is 0 Å². The summed E-state index contributed by atoms with van der Waals surface area (Å²) < 4.78 is 19.0. The number of fused-ring (bicyclic) bond motifs is 6. The van der Waals surface area contributed by atoms with Gasteiger partial charge >= 0.3 is 0 Å². The van der Waals surface area contributed by atoms with Gasteiger partial charge in [0.15, 0.2) is 0 Å². The molecule has 4 atom stereocenters. The van der Waals surface area contributed by atoms with Gasteiger partial charge < -0.3 is 19.5 Å². The third kappa shape index (κ3) is 4.02. The van der Waals surface area contributed by atoms with Crippen molar-refractivity contribution in [2.45, 2.75) is 88.0 Å². The summed E-state index contributed by atoms with van der Waals surface area (Å²) in [6, 6.07) is 0.441. The van der Waals surface area contributed by atoms with Crippen LogP contribution in [-0.4, -0.2) is 74.8 Å². The molecule has 160 valence electrons. The molecule has 4 heterocycles. The number of nitrogens with zero attached hydrogens (tertiary/aromatic N) is 1. The third-order valence-electron chi connectivity index (χ3n) is 8.50. The van der Waals surface area contributed by atoms with Crippen LogP contribution < -0.4 is 5.32 Å². The Bertz CT molecular complexity index is 502. The summed E-state index contributed by atoms with van der Waals surface area (Å²) in [5.74, 6) is 1.68. The fraction of sp³-hybridized carbons (Fsp3) is 1.00. The van der Waals surface area contributed by atoms with Crippen molar-refractivity contribution in [2.24, 2.45) is 11.8 Å². The van der Waals surface area contributed by atoms with Gasteiger partial charge in [0.25, 0.3) is 0 Å². The monoisotopic (exact) mass is 392 g/mol. The Hall–Kier alpha value is -0.200. The first kappa shape index (κ1) is 19.7. The lowest BCUT2D eigenvalue weighted by Gasteiger charge is -2.43. The molecule has 2 saturated carbocycles. The molecule has 0 aromatic rings. The van der Waals surface area contributed by atoms with Crippen molar-refractivity contribution in [3.8, 4) is 0 Å². The Morgan fingerprint density at radius 1 is 0.857 bits per heavy atom. The van der Waals surface area contributed by atoms with Crippen molar-refractivity contribution in [1.29, 1.82) is 0 Å². The van der Waals surface area contributed by atoms with E-state index in [0.29, 0.717) is 18.2 Å². The van der Waals surface area contributed by atoms with Crippen LogP contribution in [0.4, 0.5) is 0 Å². The van der Waals surface area contributed by atoms with E-state index in [0.717, 1.165) is 64.3 Å². The molecule has 0 amide bonds. The van der Waals surface area contributed by atoms with E-state index in [1.807, 2.05) is 0 Å². The molecule has 6 rings (SSSR count). The number of hydrogen-bond acceptors (Lipinski definition) is 5. The summed E-state index contributed by atoms with van der Waals surface area (Å²) in [5, 5.41) is 3.83. The predicted octanol–water partition coefficient (Wildman–Crippen LogP) is 2.97. The first-order chi connectivity index (χ1) is 13.8. The highest BCUT2D eigenvalue weighted by molar-refractivity contribution is 5.07. The maximum Gasteiger partial charge on any atom is 0.0665 e. The van der Waals surface area contributed by atoms with E-state index in [9.17, 15) is 0 Å². The zero-order valence-electron chi connectivity index (χ0n) is 17.6. The Kier molecular flexibility index (Phi) is 6.27. The molecular weight excluding hydrogens is 352 g/mol. The van der Waals surface area contributed by atoms with Crippen molar-refractivity contribution < 1.29 is 14.2 Å². The Morgan fingerprint density at radius 3 is 2.61 bits per heavy atom. The first-order valence-electron chi connectivity index (χ1n) is 12.1. The molecule has 4 aliphatic heterocycles. The number of morpholine rings is 1. The number of rotatable bonds is 0. The Morgan fingerprint density at radius 2 is 1.75 bits per heavy atom. The highest BCUT2D eigenvalue weighted by Crippen LogP contribution is 2.41. The topological polar surface area (TPSA) is 43.0 Å². The van der Waals surface area contributed by atoms with Crippen LogP contribution in [0.3, 0.4) is 0 Å². The highest BCUT2D eigenvalue weighted by Gasteiger charge is 2.48. The lowest BCUT2D eigenvalue weighted by Crippen LogP contribution is -2.62. The summed E-state index contributed by atoms with van der Waals surface area (Å²) in [6.45, 7) is 6.73. The van der Waals surface area contributed by atoms with Gasteiger partial charge in [0, 0.05) is 26.2 Å². The number of ether oxygens (including phenoxy) is 3. The fourth-order valence-corrected chi connectivity index (χ4v) is 6.88. The van der Waals surface area contributed by atoms with Gasteiger partial charge in [-0.25, -0.2) is 0 Å². The standard InChI is InChI=1S/C23H40N2O3/c1-2-5-21-20(4-1)18-6-8-19(9-7-18)28-16-22-23(17-26-15-11-24-23)10-13-25(22)12-3-14-27-21/h18-22,24H,1-17H2/t18?,19?,20?,21?,22-,23+/m0/s1. The molecule has 2 aliphatic carbocycles. The summed E-state index contributed by atoms with van der Waals surface area (Å²) in [7, 11) is 0. The molecule has 6 aliphatic rings. The van der Waals surface area contributed by atoms with Crippen molar-refractivity contribution in [1.82, 2.24) is 10.2 Å². The average molecular weight is 393 g/mol. The van der Waals surface area contributed by atoms with E-state index in [4.69, 9.17) is 14.2 Å². The van der Waals surface area contributed by atoms with Crippen LogP contribution >= 0.6 is 0 Å². The largest absolute Gasteiger partial charge is 0.378 e. The number of hydrogen-bond donors (Lipinski definition) is 1. The van der Waals surface area contributed by atoms with Crippen molar-refractivity contribution in [3.05, 3.63) is 0 Å². The summed E-state index contributed by atoms with van der Waals surface area (Å²) in [5.41, 5.74) is 0.0991. The third-order valence-corrected chi connectivity index (χ3v) is 8.50. The molecule has 0 aromatic heterocycles. The van der Waals surface area contributed by atoms with Gasteiger partial charge in [-0.05, 0) is 63.2 Å². The van der Waals surface area contributed by atoms with Crippen LogP contribution in [0.25, 0.3) is 0 Å². The van der Waals surface area contributed by atoms with Crippen molar-refractivity contribution in [3.63, 3.8) is 0 Å². The van der Waals surface area contributed by atoms with Crippen LogP contribution in [0, 0.1) is 11.8 Å². The molecule has 5 heteroatoms. The van der Waals surface area contributed by atoms with E-state index < -0.39 is 0 Å². The van der Waals surface area contributed by atoms with Gasteiger partial charge in [-0.3, -0.25) is 4.90 Å². The maximum absolute atomic E-state index is 6.58. The van der Waals surface area contributed by atoms with Crippen LogP contribution in [0.5, 0.6) is 0 Å². The van der Waals surface area contributed by atoms with Gasteiger partial charge in [0.1, 0.15) is 0 Å². The van der Waals surface area contributed by atoms with E-state index >= 15 is 0 Å². The molecule has 2 unspecified atom stereocenters. The highest BCUT2D eigenvalue weighted by atomic mass is 16.5. The van der Waals surface area contributed by atoms with Gasteiger partial charge in [0.05, 0.1) is 43.6 Å². The van der Waals surface area contributed by atoms with Gasteiger partial charge in [-0.2, -0.15) is 0 Å². The quantitative estimate of drug-likeness (QED) is 0.687. The van der Waals surface area contributed by atoms with Crippen LogP contribution in [0.1, 0.15) is 64.2 Å². The molecule has 28 heavy (non-hydrogen) atoms. The normalized spacial score (nSPS) is 46.1. The minimum absolute atomic E-state index is 0.0991. The summed E-state index contributed by atoms with van der Waals surface area (Å²) in [6.07, 6.45) is 13.9. The summed E-state index contributed by atoms with van der Waals surface area (Å²) in [4.78, 5) is 2.67. The molecule has 5 nitrogen and oxygen atoms in total. The second-order valence-corrected chi connectivity index (χ2v) is 10.0. The smallest absolute Gasteiger partial charge is 0.0665 e. The van der Waals surface area contributed by atoms with Gasteiger partial charge in [0.2, 0.25) is 0 Å². The van der Waals surface area contributed by atoms with Crippen LogP contribution in [0.15, 0.2) is 0 Å². The van der Waals surface area contributed by atoms with Crippen LogP contribution in [-0.2, 0) is 14.2 Å². The maximum atomic E-state index is 6.58. The van der Waals surface area contributed by atoms with Crippen LogP contribution in [0.2, 0.25) is 0 Å². The van der Waals surface area contributed by atoms with E-state index in [2.05, 4.69) is 10.2 Å². The Labute approximate surface area is 170 Å². The second kappa shape index (κ2) is 8.89. The molecule has 1 spiro atoms.